The van der Waals surface area contributed by atoms with Crippen LogP contribution in [0.15, 0.2) is 72.8 Å². The average Bonchev–Trinajstić information content (AvgIpc) is 3.49. The van der Waals surface area contributed by atoms with Gasteiger partial charge in [0.25, 0.3) is 5.91 Å². The zero-order chi connectivity index (χ0) is 27.8. The summed E-state index contributed by atoms with van der Waals surface area (Å²) >= 11 is 1.59. The molecular weight excluding hydrogens is 527 g/mol. The minimum absolute atomic E-state index is 0.188. The smallest absolute Gasteiger partial charge is 0.255 e. The van der Waals surface area contributed by atoms with Crippen LogP contribution in [0.2, 0.25) is 0 Å². The second-order valence-electron chi connectivity index (χ2n) is 10.2. The lowest BCUT2D eigenvalue weighted by atomic mass is 9.89. The van der Waals surface area contributed by atoms with Crippen LogP contribution in [0.4, 0.5) is 4.39 Å². The van der Waals surface area contributed by atoms with Crippen LogP contribution in [0.3, 0.4) is 0 Å². The molecule has 0 radical (unpaired) electrons. The van der Waals surface area contributed by atoms with Crippen LogP contribution in [0, 0.1) is 5.82 Å². The van der Waals surface area contributed by atoms with E-state index in [1.54, 1.807) is 34.9 Å². The molecule has 9 heteroatoms. The molecule has 3 atom stereocenters. The average molecular weight is 557 g/mol. The number of carbonyl (C=O) groups is 3. The van der Waals surface area contributed by atoms with Crippen molar-refractivity contribution in [3.8, 4) is 0 Å². The van der Waals surface area contributed by atoms with Crippen molar-refractivity contribution >= 4 is 40.4 Å². The van der Waals surface area contributed by atoms with Gasteiger partial charge < -0.3 is 20.5 Å². The molecule has 0 saturated heterocycles. The molecule has 0 fully saturated rings. The highest BCUT2D eigenvalue weighted by atomic mass is 32.2. The maximum Gasteiger partial charge on any atom is 0.255 e. The van der Waals surface area contributed by atoms with Crippen molar-refractivity contribution in [3.05, 3.63) is 107 Å². The highest BCUT2D eigenvalue weighted by Crippen LogP contribution is 2.46. The van der Waals surface area contributed by atoms with E-state index in [2.05, 4.69) is 15.6 Å². The van der Waals surface area contributed by atoms with E-state index in [1.165, 1.54) is 12.1 Å². The number of carbonyl (C=O) groups excluding carboxylic acids is 3. The first kappa shape index (κ1) is 26.1. The van der Waals surface area contributed by atoms with Gasteiger partial charge >= 0.3 is 0 Å². The predicted octanol–water partition coefficient (Wildman–Crippen LogP) is 4.33. The Morgan fingerprint density at radius 1 is 1.07 bits per heavy atom. The van der Waals surface area contributed by atoms with Crippen molar-refractivity contribution in [1.82, 2.24) is 20.5 Å². The van der Waals surface area contributed by atoms with Crippen LogP contribution in [-0.4, -0.2) is 51.7 Å². The van der Waals surface area contributed by atoms with Crippen molar-refractivity contribution in [2.75, 3.05) is 12.0 Å². The molecule has 0 bridgehead atoms. The number of hydrogen-bond acceptors (Lipinski definition) is 4. The van der Waals surface area contributed by atoms with Gasteiger partial charge in [0, 0.05) is 35.1 Å². The van der Waals surface area contributed by atoms with Crippen molar-refractivity contribution in [3.63, 3.8) is 0 Å². The molecule has 40 heavy (non-hydrogen) atoms. The summed E-state index contributed by atoms with van der Waals surface area (Å²) < 4.78 is 13.3. The Kier molecular flexibility index (Phi) is 7.06. The zero-order valence-corrected chi connectivity index (χ0v) is 22.8. The largest absolute Gasteiger partial charge is 0.356 e. The van der Waals surface area contributed by atoms with Gasteiger partial charge in [-0.2, -0.15) is 11.8 Å². The number of nitrogens with zero attached hydrogens (tertiary/aromatic N) is 1. The molecule has 1 aromatic heterocycles. The summed E-state index contributed by atoms with van der Waals surface area (Å²) in [5.74, 6) is -0.537. The number of hydrogen-bond donors (Lipinski definition) is 3. The number of aromatic amines is 1. The van der Waals surface area contributed by atoms with Gasteiger partial charge in [0.1, 0.15) is 17.9 Å². The third kappa shape index (κ3) is 4.64. The van der Waals surface area contributed by atoms with Crippen LogP contribution in [0.5, 0.6) is 0 Å². The molecule has 2 aliphatic heterocycles. The summed E-state index contributed by atoms with van der Waals surface area (Å²) in [5, 5.41) is 6.87. The minimum atomic E-state index is -0.779. The number of halogens is 1. The Bertz CT molecular complexity index is 1600. The summed E-state index contributed by atoms with van der Waals surface area (Å²) in [6, 6.07) is 19.4. The summed E-state index contributed by atoms with van der Waals surface area (Å²) in [6.07, 6.45) is 2.72. The molecule has 6 rings (SSSR count). The predicted molar refractivity (Wildman–Crippen MR) is 153 cm³/mol. The molecular formula is C31H29FN4O3S. The van der Waals surface area contributed by atoms with E-state index in [-0.39, 0.29) is 30.1 Å². The summed E-state index contributed by atoms with van der Waals surface area (Å²) in [6.45, 7) is 0.217. The molecule has 4 aromatic rings. The number of H-pyrrole nitrogens is 1. The fourth-order valence-corrected chi connectivity index (χ4v) is 6.30. The lowest BCUT2D eigenvalue weighted by Gasteiger charge is -2.37. The monoisotopic (exact) mass is 556 g/mol. The summed E-state index contributed by atoms with van der Waals surface area (Å²) in [7, 11) is 0. The van der Waals surface area contributed by atoms with Gasteiger partial charge in [0.2, 0.25) is 11.8 Å². The molecule has 0 spiro atoms. The van der Waals surface area contributed by atoms with E-state index in [9.17, 15) is 18.8 Å². The van der Waals surface area contributed by atoms with Gasteiger partial charge in [-0.15, -0.1) is 0 Å². The fourth-order valence-electron chi connectivity index (χ4n) is 5.82. The Morgan fingerprint density at radius 2 is 1.82 bits per heavy atom. The highest BCUT2D eigenvalue weighted by molar-refractivity contribution is 7.98. The maximum atomic E-state index is 14.0. The number of benzene rings is 3. The Balaban J connectivity index is 1.29. The van der Waals surface area contributed by atoms with Gasteiger partial charge in [-0.1, -0.05) is 48.5 Å². The molecule has 0 aliphatic carbocycles. The number of fused-ring (bicyclic) bond motifs is 7. The third-order valence-corrected chi connectivity index (χ3v) is 8.42. The van der Waals surface area contributed by atoms with Crippen molar-refractivity contribution in [2.24, 2.45) is 0 Å². The standard InChI is InChI=1S/C31H29FN4O3S/c1-40-15-14-25(29(37)33-17-18-10-12-19(32)13-11-18)35-30(38)26-16-23-20-6-4-5-9-24(20)34-27(23)28-21-7-2-3-8-22(21)31(39)36(26)28/h2-13,25-26,28,34H,14-17H2,1H3,(H,33,37)(H,35,38). The first-order valence-corrected chi connectivity index (χ1v) is 14.7. The lowest BCUT2D eigenvalue weighted by Crippen LogP contribution is -2.56. The Labute approximate surface area is 235 Å². The number of para-hydroxylation sites is 1. The molecule has 0 saturated carbocycles. The number of thioether (sulfide) groups is 1. The van der Waals surface area contributed by atoms with Gasteiger partial charge in [-0.3, -0.25) is 14.4 Å². The maximum absolute atomic E-state index is 14.0. The van der Waals surface area contributed by atoms with E-state index in [1.807, 2.05) is 48.7 Å². The minimum Gasteiger partial charge on any atom is -0.356 e. The molecule has 7 nitrogen and oxygen atoms in total. The van der Waals surface area contributed by atoms with Crippen LogP contribution in [0.1, 0.15) is 45.2 Å². The van der Waals surface area contributed by atoms with Gasteiger partial charge in [0.05, 0.1) is 6.04 Å². The Morgan fingerprint density at radius 3 is 2.62 bits per heavy atom. The first-order chi connectivity index (χ1) is 19.5. The van der Waals surface area contributed by atoms with Crippen LogP contribution >= 0.6 is 11.8 Å². The fraction of sp³-hybridized carbons (Fsp3) is 0.258. The number of aromatic nitrogens is 1. The van der Waals surface area contributed by atoms with Crippen LogP contribution in [-0.2, 0) is 22.6 Å². The van der Waals surface area contributed by atoms with E-state index < -0.39 is 18.1 Å². The molecule has 3 unspecified atom stereocenters. The SMILES string of the molecule is CSCCC(NC(=O)C1Cc2c([nH]c3ccccc23)C2c3ccccc3C(=O)N12)C(=O)NCc1ccc(F)cc1. The van der Waals surface area contributed by atoms with Crippen molar-refractivity contribution in [1.29, 1.82) is 0 Å². The topological polar surface area (TPSA) is 94.3 Å². The zero-order valence-electron chi connectivity index (χ0n) is 21.9. The molecule has 3 N–H and O–H groups in total. The van der Waals surface area contributed by atoms with Crippen molar-refractivity contribution in [2.45, 2.75) is 37.5 Å². The van der Waals surface area contributed by atoms with Gasteiger partial charge in [-0.25, -0.2) is 4.39 Å². The molecule has 204 valence electrons. The Hall–Kier alpha value is -4.11. The van der Waals surface area contributed by atoms with Gasteiger partial charge in [-0.05, 0) is 59.4 Å². The highest BCUT2D eigenvalue weighted by Gasteiger charge is 2.49. The van der Waals surface area contributed by atoms with E-state index in [0.29, 0.717) is 24.2 Å². The first-order valence-electron chi connectivity index (χ1n) is 13.3. The van der Waals surface area contributed by atoms with E-state index in [0.717, 1.165) is 33.3 Å². The normalized spacial score (nSPS) is 18.1. The quantitative estimate of drug-likeness (QED) is 0.301. The van der Waals surface area contributed by atoms with E-state index in [4.69, 9.17) is 0 Å². The van der Waals surface area contributed by atoms with Crippen LogP contribution in [0.25, 0.3) is 10.9 Å². The molecule has 2 aliphatic rings. The van der Waals surface area contributed by atoms with Crippen molar-refractivity contribution < 1.29 is 18.8 Å². The van der Waals surface area contributed by atoms with Gasteiger partial charge in [0.15, 0.2) is 0 Å². The van der Waals surface area contributed by atoms with Crippen LogP contribution < -0.4 is 10.6 Å². The third-order valence-electron chi connectivity index (χ3n) is 7.78. The molecule has 3 amide bonds. The summed E-state index contributed by atoms with van der Waals surface area (Å²) in [5.41, 5.74) is 5.12. The number of amides is 3. The van der Waals surface area contributed by atoms with E-state index >= 15 is 0 Å². The lowest BCUT2D eigenvalue weighted by molar-refractivity contribution is -0.132. The number of nitrogens with one attached hydrogen (secondary N) is 3. The molecule has 3 aromatic carbocycles. The molecule has 3 heterocycles. The number of rotatable bonds is 8. The summed E-state index contributed by atoms with van der Waals surface area (Å²) in [4.78, 5) is 46.0. The second-order valence-corrected chi connectivity index (χ2v) is 11.2. The second kappa shape index (κ2) is 10.8.